The quantitative estimate of drug-likeness (QED) is 0.750. The van der Waals surface area contributed by atoms with Gasteiger partial charge >= 0.3 is 0 Å². The molecule has 1 fully saturated rings. The molecule has 152 valence electrons. The van der Waals surface area contributed by atoms with Crippen molar-refractivity contribution >= 4 is 28.9 Å². The first-order valence-corrected chi connectivity index (χ1v) is 10.7. The maximum absolute atomic E-state index is 13.4. The van der Waals surface area contributed by atoms with Crippen LogP contribution in [-0.4, -0.2) is 31.4 Å². The number of para-hydroxylation sites is 1. The molecule has 5 nitrogen and oxygen atoms in total. The molecule has 1 saturated carbocycles. The summed E-state index contributed by atoms with van der Waals surface area (Å²) in [6.07, 6.45) is 3.16. The lowest BCUT2D eigenvalue weighted by Gasteiger charge is -2.32. The van der Waals surface area contributed by atoms with E-state index in [2.05, 4.69) is 30.1 Å². The van der Waals surface area contributed by atoms with Crippen molar-refractivity contribution in [3.05, 3.63) is 54.1 Å². The Labute approximate surface area is 172 Å². The molecular weight excluding hydrogens is 362 g/mol. The molecule has 1 heterocycles. The molecule has 5 heteroatoms. The van der Waals surface area contributed by atoms with Crippen molar-refractivity contribution in [3.63, 3.8) is 0 Å². The van der Waals surface area contributed by atoms with Crippen molar-refractivity contribution in [1.29, 1.82) is 0 Å². The summed E-state index contributed by atoms with van der Waals surface area (Å²) in [5.41, 5.74) is 3.11. The Morgan fingerprint density at radius 3 is 2.38 bits per heavy atom. The molecule has 0 bridgehead atoms. The zero-order valence-electron chi connectivity index (χ0n) is 17.3. The normalized spacial score (nSPS) is 16.7. The number of nitrogens with zero attached hydrogens (tertiary/aromatic N) is 2. The average Bonchev–Trinajstić information content (AvgIpc) is 3.57. The average molecular weight is 392 g/mol. The number of nitrogens with one attached hydrogen (secondary N) is 1. The van der Waals surface area contributed by atoms with Crippen LogP contribution in [0.25, 0.3) is 0 Å². The Bertz CT molecular complexity index is 899. The van der Waals surface area contributed by atoms with Gasteiger partial charge in [0.2, 0.25) is 11.8 Å². The van der Waals surface area contributed by atoms with Crippen molar-refractivity contribution in [2.75, 3.05) is 34.8 Å². The molecule has 0 atom stereocenters. The molecule has 1 aliphatic carbocycles. The monoisotopic (exact) mass is 391 g/mol. The van der Waals surface area contributed by atoms with Gasteiger partial charge < -0.3 is 15.1 Å². The van der Waals surface area contributed by atoms with Gasteiger partial charge in [0.15, 0.2) is 0 Å². The minimum Gasteiger partial charge on any atom is -0.372 e. The highest BCUT2D eigenvalue weighted by molar-refractivity contribution is 6.18. The van der Waals surface area contributed by atoms with Gasteiger partial charge in [0, 0.05) is 36.7 Å². The summed E-state index contributed by atoms with van der Waals surface area (Å²) in [4.78, 5) is 30.5. The van der Waals surface area contributed by atoms with E-state index in [-0.39, 0.29) is 11.8 Å². The van der Waals surface area contributed by atoms with E-state index in [1.807, 2.05) is 47.4 Å². The van der Waals surface area contributed by atoms with Crippen molar-refractivity contribution in [2.24, 2.45) is 5.41 Å². The molecule has 0 saturated heterocycles. The highest BCUT2D eigenvalue weighted by atomic mass is 16.2. The predicted octanol–water partition coefficient (Wildman–Crippen LogP) is 4.23. The standard InChI is InChI=1S/C24H29N3O2/c1-3-26(4-2)20-13-11-19(12-14-20)25-22(28)24(15-16-24)23(29)27-17-7-9-18-8-5-6-10-21(18)27/h5-6,8,10-14H,3-4,7,9,15-17H2,1-2H3,(H,25,28). The third-order valence-electron chi connectivity index (χ3n) is 6.20. The summed E-state index contributed by atoms with van der Waals surface area (Å²) in [5, 5.41) is 2.99. The van der Waals surface area contributed by atoms with Crippen LogP contribution in [0.15, 0.2) is 48.5 Å². The molecule has 4 rings (SSSR count). The van der Waals surface area contributed by atoms with Crippen LogP contribution < -0.4 is 15.1 Å². The molecule has 0 aromatic heterocycles. The molecular formula is C24H29N3O2. The fourth-order valence-corrected chi connectivity index (χ4v) is 4.26. The van der Waals surface area contributed by atoms with Crippen molar-refractivity contribution in [3.8, 4) is 0 Å². The van der Waals surface area contributed by atoms with E-state index in [9.17, 15) is 9.59 Å². The van der Waals surface area contributed by atoms with Crippen molar-refractivity contribution < 1.29 is 9.59 Å². The molecule has 2 aliphatic rings. The van der Waals surface area contributed by atoms with Gasteiger partial charge in [0.1, 0.15) is 5.41 Å². The number of hydrogen-bond donors (Lipinski definition) is 1. The molecule has 2 amide bonds. The third-order valence-corrected chi connectivity index (χ3v) is 6.20. The number of anilines is 3. The smallest absolute Gasteiger partial charge is 0.242 e. The lowest BCUT2D eigenvalue weighted by molar-refractivity contribution is -0.132. The van der Waals surface area contributed by atoms with Gasteiger partial charge in [0.05, 0.1) is 0 Å². The Morgan fingerprint density at radius 1 is 1.03 bits per heavy atom. The molecule has 1 aliphatic heterocycles. The molecule has 0 radical (unpaired) electrons. The second-order valence-corrected chi connectivity index (χ2v) is 7.94. The number of aryl methyl sites for hydroxylation is 1. The number of rotatable bonds is 6. The molecule has 2 aromatic carbocycles. The summed E-state index contributed by atoms with van der Waals surface area (Å²) in [7, 11) is 0. The number of hydrogen-bond acceptors (Lipinski definition) is 3. The summed E-state index contributed by atoms with van der Waals surface area (Å²) < 4.78 is 0. The maximum Gasteiger partial charge on any atom is 0.242 e. The minimum absolute atomic E-state index is 0.0538. The van der Waals surface area contributed by atoms with Gasteiger partial charge in [-0.15, -0.1) is 0 Å². The fraction of sp³-hybridized carbons (Fsp3) is 0.417. The van der Waals surface area contributed by atoms with E-state index in [4.69, 9.17) is 0 Å². The number of benzene rings is 2. The van der Waals surface area contributed by atoms with Crippen LogP contribution in [0.2, 0.25) is 0 Å². The first-order chi connectivity index (χ1) is 14.1. The summed E-state index contributed by atoms with van der Waals surface area (Å²) >= 11 is 0. The third kappa shape index (κ3) is 3.61. The fourth-order valence-electron chi connectivity index (χ4n) is 4.26. The lowest BCUT2D eigenvalue weighted by atomic mass is 9.97. The minimum atomic E-state index is -0.915. The topological polar surface area (TPSA) is 52.7 Å². The van der Waals surface area contributed by atoms with Crippen molar-refractivity contribution in [1.82, 2.24) is 0 Å². The van der Waals surface area contributed by atoms with Crippen LogP contribution in [0.3, 0.4) is 0 Å². The van der Waals surface area contributed by atoms with Crippen LogP contribution in [0.4, 0.5) is 17.1 Å². The first kappa shape index (κ1) is 19.5. The van der Waals surface area contributed by atoms with E-state index in [0.717, 1.165) is 43.0 Å². The van der Waals surface area contributed by atoms with Gasteiger partial charge in [0.25, 0.3) is 0 Å². The zero-order valence-corrected chi connectivity index (χ0v) is 17.3. The zero-order chi connectivity index (χ0) is 20.4. The molecule has 0 unspecified atom stereocenters. The van der Waals surface area contributed by atoms with Crippen LogP contribution in [-0.2, 0) is 16.0 Å². The second-order valence-electron chi connectivity index (χ2n) is 7.94. The second kappa shape index (κ2) is 7.90. The molecule has 0 spiro atoms. The SMILES string of the molecule is CCN(CC)c1ccc(NC(=O)C2(C(=O)N3CCCc4ccccc43)CC2)cc1. The number of carbonyl (C=O) groups excluding carboxylic acids is 2. The van der Waals surface area contributed by atoms with Gasteiger partial charge in [-0.25, -0.2) is 0 Å². The van der Waals surface area contributed by atoms with Gasteiger partial charge in [-0.3, -0.25) is 9.59 Å². The molecule has 1 N–H and O–H groups in total. The Hall–Kier alpha value is -2.82. The van der Waals surface area contributed by atoms with E-state index in [0.29, 0.717) is 19.4 Å². The Kier molecular flexibility index (Phi) is 5.31. The van der Waals surface area contributed by atoms with Gasteiger partial charge in [-0.05, 0) is 75.4 Å². The summed E-state index contributed by atoms with van der Waals surface area (Å²) in [6.45, 7) is 6.82. The van der Waals surface area contributed by atoms with Crippen molar-refractivity contribution in [2.45, 2.75) is 39.5 Å². The van der Waals surface area contributed by atoms with Gasteiger partial charge in [-0.1, -0.05) is 18.2 Å². The highest BCUT2D eigenvalue weighted by Crippen LogP contribution is 2.49. The molecule has 2 aromatic rings. The Morgan fingerprint density at radius 2 is 1.72 bits per heavy atom. The largest absolute Gasteiger partial charge is 0.372 e. The van der Waals surface area contributed by atoms with Crippen LogP contribution in [0.5, 0.6) is 0 Å². The van der Waals surface area contributed by atoms with Crippen LogP contribution in [0, 0.1) is 5.41 Å². The highest BCUT2D eigenvalue weighted by Gasteiger charge is 2.58. The summed E-state index contributed by atoms with van der Waals surface area (Å²) in [6, 6.07) is 15.9. The van der Waals surface area contributed by atoms with E-state index in [1.54, 1.807) is 0 Å². The predicted molar refractivity (Wildman–Crippen MR) is 117 cm³/mol. The van der Waals surface area contributed by atoms with E-state index < -0.39 is 5.41 Å². The van der Waals surface area contributed by atoms with Crippen LogP contribution >= 0.6 is 0 Å². The number of fused-ring (bicyclic) bond motifs is 1. The Balaban J connectivity index is 1.49. The van der Waals surface area contributed by atoms with Crippen LogP contribution in [0.1, 0.15) is 38.7 Å². The first-order valence-electron chi connectivity index (χ1n) is 10.7. The maximum atomic E-state index is 13.4. The van der Waals surface area contributed by atoms with Gasteiger partial charge in [-0.2, -0.15) is 0 Å². The molecule has 29 heavy (non-hydrogen) atoms. The number of carbonyl (C=O) groups is 2. The van der Waals surface area contributed by atoms with E-state index in [1.165, 1.54) is 5.56 Å². The lowest BCUT2D eigenvalue weighted by Crippen LogP contribution is -2.45. The van der Waals surface area contributed by atoms with E-state index >= 15 is 0 Å². The summed E-state index contributed by atoms with van der Waals surface area (Å²) in [5.74, 6) is -0.233. The number of amides is 2.